The average Bonchev–Trinajstić information content (AvgIpc) is 3.64. The highest BCUT2D eigenvalue weighted by atomic mass is 19.1. The predicted molar refractivity (Wildman–Crippen MR) is 142 cm³/mol. The van der Waals surface area contributed by atoms with E-state index in [-0.39, 0.29) is 53.5 Å². The Kier molecular flexibility index (Phi) is 6.83. The Morgan fingerprint density at radius 2 is 2.00 bits per heavy atom. The Labute approximate surface area is 233 Å². The number of carbonyl (C=O) groups excluding carboxylic acids is 1. The number of cyclic esters (lactones) is 1. The maximum absolute atomic E-state index is 15.3. The fourth-order valence-electron chi connectivity index (χ4n) is 6.09. The SMILES string of the molecule is Cn1c(=O)nnn1-c1cc(Nc2ncc(F)c(N[C@@H]3C[C@@H]4CCCN4C(C)(C)C3)n2)c(F)cc1OC1CCOC1=O. The van der Waals surface area contributed by atoms with Crippen molar-refractivity contribution in [3.8, 4) is 11.4 Å². The summed E-state index contributed by atoms with van der Waals surface area (Å²) in [6.07, 6.45) is 4.33. The third-order valence-corrected chi connectivity index (χ3v) is 7.99. The van der Waals surface area contributed by atoms with E-state index in [1.165, 1.54) is 13.1 Å². The number of fused-ring (bicyclic) bond motifs is 1. The number of tetrazole rings is 1. The van der Waals surface area contributed by atoms with Crippen LogP contribution in [-0.4, -0.2) is 77.5 Å². The van der Waals surface area contributed by atoms with E-state index in [2.05, 4.69) is 49.7 Å². The van der Waals surface area contributed by atoms with Crippen molar-refractivity contribution in [1.29, 1.82) is 0 Å². The molecule has 3 aliphatic rings. The van der Waals surface area contributed by atoms with Gasteiger partial charge < -0.3 is 20.1 Å². The van der Waals surface area contributed by atoms with Crippen molar-refractivity contribution in [2.24, 2.45) is 7.05 Å². The summed E-state index contributed by atoms with van der Waals surface area (Å²) in [7, 11) is 1.42. The Bertz CT molecular complexity index is 1540. The average molecular weight is 572 g/mol. The molecular formula is C26H31F2N9O4. The second-order valence-electron chi connectivity index (χ2n) is 11.2. The molecule has 1 aromatic carbocycles. The van der Waals surface area contributed by atoms with Crippen LogP contribution in [-0.2, 0) is 16.6 Å². The van der Waals surface area contributed by atoms with Crippen molar-refractivity contribution in [3.05, 3.63) is 40.4 Å². The summed E-state index contributed by atoms with van der Waals surface area (Å²) < 4.78 is 41.9. The summed E-state index contributed by atoms with van der Waals surface area (Å²) >= 11 is 0. The molecule has 3 atom stereocenters. The van der Waals surface area contributed by atoms with Crippen LogP contribution in [0.4, 0.5) is 26.2 Å². The first-order valence-electron chi connectivity index (χ1n) is 13.6. The molecular weight excluding hydrogens is 540 g/mol. The van der Waals surface area contributed by atoms with E-state index in [0.717, 1.165) is 54.0 Å². The van der Waals surface area contributed by atoms with Gasteiger partial charge in [-0.25, -0.2) is 28.0 Å². The third kappa shape index (κ3) is 5.21. The number of nitrogens with zero attached hydrogens (tertiary/aromatic N) is 7. The molecule has 3 saturated heterocycles. The number of nitrogens with one attached hydrogen (secondary N) is 2. The number of ether oxygens (including phenoxy) is 2. The van der Waals surface area contributed by atoms with Gasteiger partial charge in [-0.2, -0.15) is 4.98 Å². The van der Waals surface area contributed by atoms with Crippen molar-refractivity contribution in [3.63, 3.8) is 0 Å². The van der Waals surface area contributed by atoms with Crippen LogP contribution in [0.3, 0.4) is 0 Å². The van der Waals surface area contributed by atoms with Crippen LogP contribution in [0.1, 0.15) is 46.0 Å². The minimum Gasteiger partial charge on any atom is -0.476 e. The van der Waals surface area contributed by atoms with E-state index in [1.807, 2.05) is 0 Å². The smallest absolute Gasteiger partial charge is 0.383 e. The van der Waals surface area contributed by atoms with Crippen LogP contribution in [0.25, 0.3) is 5.69 Å². The van der Waals surface area contributed by atoms with Gasteiger partial charge in [0.15, 0.2) is 29.3 Å². The number of piperidine rings is 1. The summed E-state index contributed by atoms with van der Waals surface area (Å²) in [5.74, 6) is -2.04. The predicted octanol–water partition coefficient (Wildman–Crippen LogP) is 2.29. The summed E-state index contributed by atoms with van der Waals surface area (Å²) in [6.45, 7) is 5.66. The molecule has 3 aliphatic heterocycles. The molecule has 218 valence electrons. The lowest BCUT2D eigenvalue weighted by molar-refractivity contribution is -0.143. The molecule has 41 heavy (non-hydrogen) atoms. The molecule has 0 bridgehead atoms. The third-order valence-electron chi connectivity index (χ3n) is 7.99. The Balaban J connectivity index is 1.28. The van der Waals surface area contributed by atoms with Crippen molar-refractivity contribution >= 4 is 23.4 Å². The van der Waals surface area contributed by atoms with Gasteiger partial charge in [-0.15, -0.1) is 4.80 Å². The number of rotatable bonds is 7. The first-order chi connectivity index (χ1) is 19.6. The fraction of sp³-hybridized carbons (Fsp3) is 0.538. The number of esters is 1. The van der Waals surface area contributed by atoms with Crippen molar-refractivity contribution in [2.75, 3.05) is 23.8 Å². The molecule has 0 radical (unpaired) electrons. The lowest BCUT2D eigenvalue weighted by Gasteiger charge is -2.47. The maximum Gasteiger partial charge on any atom is 0.383 e. The highest BCUT2D eigenvalue weighted by molar-refractivity contribution is 5.77. The lowest BCUT2D eigenvalue weighted by Crippen LogP contribution is -2.55. The number of carbonyl (C=O) groups is 1. The zero-order valence-electron chi connectivity index (χ0n) is 22.9. The van der Waals surface area contributed by atoms with Gasteiger partial charge in [0.2, 0.25) is 5.95 Å². The topological polar surface area (TPSA) is 141 Å². The van der Waals surface area contributed by atoms with Crippen molar-refractivity contribution in [2.45, 2.75) is 69.7 Å². The summed E-state index contributed by atoms with van der Waals surface area (Å²) in [5.41, 5.74) is -0.653. The molecule has 2 N–H and O–H groups in total. The standard InChI is InChI=1S/C26H31F2N9O4/c1-26(2)12-14(9-15-5-4-7-36(15)26)30-22-17(28)13-29-24(32-22)31-18-11-19(37-34-33-25(39)35(37)3)21(10-16(18)27)41-20-6-8-40-23(20)38/h10-11,13-15,20H,4-9,12H2,1-3H3,(H2,29,30,31,32)/t14-,15+,20?/m1/s1. The first kappa shape index (κ1) is 27.1. The summed E-state index contributed by atoms with van der Waals surface area (Å²) in [4.78, 5) is 35.9. The molecule has 15 heteroatoms. The number of halogens is 2. The van der Waals surface area contributed by atoms with Gasteiger partial charge in [0.25, 0.3) is 0 Å². The van der Waals surface area contributed by atoms with Crippen molar-refractivity contribution < 1.29 is 23.0 Å². The molecule has 1 unspecified atom stereocenters. The summed E-state index contributed by atoms with van der Waals surface area (Å²) in [5, 5.41) is 13.4. The van der Waals surface area contributed by atoms with Crippen LogP contribution < -0.4 is 21.1 Å². The van der Waals surface area contributed by atoms with Gasteiger partial charge in [0.05, 0.1) is 18.5 Å². The van der Waals surface area contributed by atoms with Crippen LogP contribution in [0.2, 0.25) is 0 Å². The molecule has 3 fully saturated rings. The zero-order chi connectivity index (χ0) is 28.9. The second-order valence-corrected chi connectivity index (χ2v) is 11.2. The number of benzene rings is 1. The largest absolute Gasteiger partial charge is 0.476 e. The number of anilines is 3. The van der Waals surface area contributed by atoms with Gasteiger partial charge in [0.1, 0.15) is 5.69 Å². The highest BCUT2D eigenvalue weighted by Gasteiger charge is 2.43. The maximum atomic E-state index is 15.3. The molecule has 0 saturated carbocycles. The zero-order valence-corrected chi connectivity index (χ0v) is 22.9. The van der Waals surface area contributed by atoms with Crippen LogP contribution in [0, 0.1) is 11.6 Å². The van der Waals surface area contributed by atoms with E-state index in [1.54, 1.807) is 0 Å². The van der Waals surface area contributed by atoms with E-state index >= 15 is 4.39 Å². The highest BCUT2D eigenvalue weighted by Crippen LogP contribution is 2.39. The van der Waals surface area contributed by atoms with Crippen LogP contribution in [0.5, 0.6) is 5.75 Å². The lowest BCUT2D eigenvalue weighted by atomic mass is 9.84. The van der Waals surface area contributed by atoms with E-state index in [4.69, 9.17) is 9.47 Å². The Morgan fingerprint density at radius 3 is 2.73 bits per heavy atom. The molecule has 0 spiro atoms. The second kappa shape index (κ2) is 10.4. The number of hydrogen-bond acceptors (Lipinski definition) is 11. The normalized spacial score (nSPS) is 23.7. The number of hydrogen-bond donors (Lipinski definition) is 2. The van der Waals surface area contributed by atoms with E-state index in [9.17, 15) is 14.0 Å². The summed E-state index contributed by atoms with van der Waals surface area (Å²) in [6, 6.07) is 2.82. The van der Waals surface area contributed by atoms with Crippen LogP contribution in [0.15, 0.2) is 23.1 Å². The molecule has 3 aromatic rings. The Morgan fingerprint density at radius 1 is 1.17 bits per heavy atom. The molecule has 6 rings (SSSR count). The fourth-order valence-corrected chi connectivity index (χ4v) is 6.09. The molecule has 5 heterocycles. The van der Waals surface area contributed by atoms with E-state index in [0.29, 0.717) is 6.04 Å². The van der Waals surface area contributed by atoms with Crippen molar-refractivity contribution in [1.82, 2.24) is 34.7 Å². The molecule has 13 nitrogen and oxygen atoms in total. The van der Waals surface area contributed by atoms with Gasteiger partial charge >= 0.3 is 11.7 Å². The monoisotopic (exact) mass is 571 g/mol. The Hall–Kier alpha value is -4.14. The van der Waals surface area contributed by atoms with Gasteiger partial charge in [-0.3, -0.25) is 4.90 Å². The molecule has 2 aromatic heterocycles. The van der Waals surface area contributed by atoms with Gasteiger partial charge in [0, 0.05) is 37.2 Å². The van der Waals surface area contributed by atoms with Gasteiger partial charge in [-0.1, -0.05) is 5.10 Å². The quantitative estimate of drug-likeness (QED) is 0.404. The van der Waals surface area contributed by atoms with Crippen LogP contribution >= 0.6 is 0 Å². The molecule has 0 aliphatic carbocycles. The van der Waals surface area contributed by atoms with Gasteiger partial charge in [-0.05, 0) is 57.4 Å². The first-order valence-corrected chi connectivity index (χ1v) is 13.6. The minimum atomic E-state index is -0.942. The molecule has 0 amide bonds. The number of aromatic nitrogens is 6. The minimum absolute atomic E-state index is 0.0113. The van der Waals surface area contributed by atoms with E-state index < -0.39 is 29.4 Å².